The highest BCUT2D eigenvalue weighted by atomic mass is 16.6. The van der Waals surface area contributed by atoms with Gasteiger partial charge in [0.2, 0.25) is 5.82 Å². The monoisotopic (exact) mass is 304 g/mol. The SMILES string of the molecule is COc1cc(C(C)=O)ccc1Oc1ncnc(N)c1[N+](=O)[O-]. The number of Topliss-reactive ketones (excluding diaryl/α,β-unsaturated/α-hetero) is 1. The average molecular weight is 304 g/mol. The highest BCUT2D eigenvalue weighted by Gasteiger charge is 2.24. The molecule has 2 N–H and O–H groups in total. The second kappa shape index (κ2) is 6.04. The maximum absolute atomic E-state index is 11.3. The Bertz CT molecular complexity index is 747. The van der Waals surface area contributed by atoms with E-state index in [9.17, 15) is 14.9 Å². The molecule has 9 nitrogen and oxygen atoms in total. The number of hydrogen-bond donors (Lipinski definition) is 1. The summed E-state index contributed by atoms with van der Waals surface area (Å²) >= 11 is 0. The van der Waals surface area contributed by atoms with Crippen LogP contribution in [-0.2, 0) is 0 Å². The molecule has 0 aliphatic heterocycles. The first-order valence-electron chi connectivity index (χ1n) is 6.05. The second-order valence-electron chi connectivity index (χ2n) is 4.19. The molecule has 2 rings (SSSR count). The van der Waals surface area contributed by atoms with Crippen molar-refractivity contribution in [3.63, 3.8) is 0 Å². The first-order valence-corrected chi connectivity index (χ1v) is 6.05. The maximum atomic E-state index is 11.3. The van der Waals surface area contributed by atoms with Crippen molar-refractivity contribution in [3.05, 3.63) is 40.2 Å². The van der Waals surface area contributed by atoms with Crippen LogP contribution in [0.25, 0.3) is 0 Å². The van der Waals surface area contributed by atoms with E-state index < -0.39 is 10.6 Å². The van der Waals surface area contributed by atoms with E-state index in [-0.39, 0.29) is 29.0 Å². The van der Waals surface area contributed by atoms with Crippen molar-refractivity contribution in [2.75, 3.05) is 12.8 Å². The van der Waals surface area contributed by atoms with E-state index >= 15 is 0 Å². The van der Waals surface area contributed by atoms with Crippen LogP contribution in [0.15, 0.2) is 24.5 Å². The Labute approximate surface area is 124 Å². The topological polar surface area (TPSA) is 130 Å². The smallest absolute Gasteiger partial charge is 0.372 e. The van der Waals surface area contributed by atoms with Gasteiger partial charge in [0.15, 0.2) is 17.3 Å². The molecular weight excluding hydrogens is 292 g/mol. The molecule has 0 spiro atoms. The van der Waals surface area contributed by atoms with Crippen LogP contribution in [0, 0.1) is 10.1 Å². The number of ketones is 1. The Morgan fingerprint density at radius 3 is 2.64 bits per heavy atom. The fourth-order valence-corrected chi connectivity index (χ4v) is 1.70. The second-order valence-corrected chi connectivity index (χ2v) is 4.19. The fourth-order valence-electron chi connectivity index (χ4n) is 1.70. The predicted octanol–water partition coefficient (Wildman–Crippen LogP) is 1.97. The van der Waals surface area contributed by atoms with Crippen LogP contribution >= 0.6 is 0 Å². The van der Waals surface area contributed by atoms with Crippen LogP contribution < -0.4 is 15.2 Å². The van der Waals surface area contributed by atoms with Crippen molar-refractivity contribution in [2.24, 2.45) is 0 Å². The number of carbonyl (C=O) groups is 1. The van der Waals surface area contributed by atoms with E-state index in [1.165, 1.54) is 32.2 Å². The Kier molecular flexibility index (Phi) is 4.16. The highest BCUT2D eigenvalue weighted by Crippen LogP contribution is 2.36. The van der Waals surface area contributed by atoms with Crippen molar-refractivity contribution in [1.29, 1.82) is 0 Å². The summed E-state index contributed by atoms with van der Waals surface area (Å²) in [5, 5.41) is 11.0. The van der Waals surface area contributed by atoms with E-state index in [1.54, 1.807) is 0 Å². The molecule has 2 aromatic rings. The Balaban J connectivity index is 2.46. The van der Waals surface area contributed by atoms with Gasteiger partial charge in [-0.1, -0.05) is 0 Å². The van der Waals surface area contributed by atoms with Crippen LogP contribution in [0.3, 0.4) is 0 Å². The number of hydrogen-bond acceptors (Lipinski definition) is 8. The van der Waals surface area contributed by atoms with Crippen LogP contribution in [-0.4, -0.2) is 27.8 Å². The minimum atomic E-state index is -0.735. The molecule has 1 heterocycles. The predicted molar refractivity (Wildman–Crippen MR) is 76.2 cm³/mol. The number of ether oxygens (including phenoxy) is 2. The van der Waals surface area contributed by atoms with Crippen molar-refractivity contribution in [1.82, 2.24) is 9.97 Å². The molecule has 0 fully saturated rings. The normalized spacial score (nSPS) is 10.1. The molecule has 0 saturated heterocycles. The van der Waals surface area contributed by atoms with Gasteiger partial charge in [-0.25, -0.2) is 4.98 Å². The summed E-state index contributed by atoms with van der Waals surface area (Å²) in [5.74, 6) is -0.379. The van der Waals surface area contributed by atoms with Gasteiger partial charge in [0.1, 0.15) is 6.33 Å². The van der Waals surface area contributed by atoms with Gasteiger partial charge in [0, 0.05) is 5.56 Å². The van der Waals surface area contributed by atoms with Gasteiger partial charge >= 0.3 is 11.6 Å². The van der Waals surface area contributed by atoms with Gasteiger partial charge in [-0.3, -0.25) is 14.9 Å². The lowest BCUT2D eigenvalue weighted by molar-refractivity contribution is -0.385. The lowest BCUT2D eigenvalue weighted by atomic mass is 10.1. The standard InChI is InChI=1S/C13H12N4O5/c1-7(18)8-3-4-9(10(5-8)21-2)22-13-11(17(19)20)12(14)15-6-16-13/h3-6H,1-2H3,(H2,14,15,16). The zero-order chi connectivity index (χ0) is 16.3. The van der Waals surface area contributed by atoms with Gasteiger partial charge < -0.3 is 15.2 Å². The minimum Gasteiger partial charge on any atom is -0.493 e. The zero-order valence-corrected chi connectivity index (χ0v) is 11.8. The van der Waals surface area contributed by atoms with Gasteiger partial charge in [-0.15, -0.1) is 0 Å². The van der Waals surface area contributed by atoms with Crippen molar-refractivity contribution in [3.8, 4) is 17.4 Å². The quantitative estimate of drug-likeness (QED) is 0.504. The maximum Gasteiger partial charge on any atom is 0.372 e. The van der Waals surface area contributed by atoms with E-state index in [4.69, 9.17) is 15.2 Å². The molecule has 0 aliphatic carbocycles. The number of nitro groups is 1. The van der Waals surface area contributed by atoms with E-state index in [2.05, 4.69) is 9.97 Å². The molecule has 1 aromatic heterocycles. The molecule has 0 amide bonds. The Morgan fingerprint density at radius 2 is 2.05 bits per heavy atom. The summed E-state index contributed by atoms with van der Waals surface area (Å²) in [4.78, 5) is 28.9. The molecule has 0 unspecified atom stereocenters. The third-order valence-electron chi connectivity index (χ3n) is 2.78. The van der Waals surface area contributed by atoms with Crippen molar-refractivity contribution in [2.45, 2.75) is 6.92 Å². The number of benzene rings is 1. The number of methoxy groups -OCH3 is 1. The molecule has 0 aliphatic rings. The van der Waals surface area contributed by atoms with Gasteiger partial charge in [-0.05, 0) is 25.1 Å². The molecular formula is C13H12N4O5. The molecule has 22 heavy (non-hydrogen) atoms. The number of aromatic nitrogens is 2. The van der Waals surface area contributed by atoms with Crippen LogP contribution in [0.2, 0.25) is 0 Å². The van der Waals surface area contributed by atoms with Crippen LogP contribution in [0.5, 0.6) is 17.4 Å². The molecule has 9 heteroatoms. The first kappa shape index (κ1) is 15.2. The summed E-state index contributed by atoms with van der Waals surface area (Å²) in [6.07, 6.45) is 1.05. The molecule has 0 radical (unpaired) electrons. The fraction of sp³-hybridized carbons (Fsp3) is 0.154. The third-order valence-corrected chi connectivity index (χ3v) is 2.78. The lowest BCUT2D eigenvalue weighted by Crippen LogP contribution is -2.03. The summed E-state index contributed by atoms with van der Waals surface area (Å²) in [5.41, 5.74) is 5.34. The van der Waals surface area contributed by atoms with Gasteiger partial charge in [-0.2, -0.15) is 4.98 Å². The average Bonchev–Trinajstić information content (AvgIpc) is 2.47. The van der Waals surface area contributed by atoms with Crippen LogP contribution in [0.1, 0.15) is 17.3 Å². The highest BCUT2D eigenvalue weighted by molar-refractivity contribution is 5.94. The number of nitrogens with zero attached hydrogens (tertiary/aromatic N) is 3. The number of nitrogen functional groups attached to an aromatic ring is 1. The number of rotatable bonds is 5. The zero-order valence-electron chi connectivity index (χ0n) is 11.8. The first-order chi connectivity index (χ1) is 10.4. The Hall–Kier alpha value is -3.23. The number of nitrogens with two attached hydrogens (primary N) is 1. The van der Waals surface area contributed by atoms with Crippen molar-refractivity contribution < 1.29 is 19.2 Å². The summed E-state index contributed by atoms with van der Waals surface area (Å²) in [6.45, 7) is 1.41. The number of carbonyl (C=O) groups excluding carboxylic acids is 1. The molecule has 0 atom stereocenters. The Morgan fingerprint density at radius 1 is 1.32 bits per heavy atom. The minimum absolute atomic E-state index is 0.151. The van der Waals surface area contributed by atoms with Crippen LogP contribution in [0.4, 0.5) is 11.5 Å². The van der Waals surface area contributed by atoms with E-state index in [0.29, 0.717) is 5.56 Å². The van der Waals surface area contributed by atoms with E-state index in [1.807, 2.05) is 0 Å². The summed E-state index contributed by atoms with van der Waals surface area (Å²) < 4.78 is 10.5. The molecule has 0 bridgehead atoms. The lowest BCUT2D eigenvalue weighted by Gasteiger charge is -2.10. The molecule has 0 saturated carbocycles. The molecule has 114 valence electrons. The third kappa shape index (κ3) is 2.92. The number of anilines is 1. The van der Waals surface area contributed by atoms with E-state index in [0.717, 1.165) is 6.33 Å². The summed E-state index contributed by atoms with van der Waals surface area (Å²) in [6, 6.07) is 4.43. The largest absolute Gasteiger partial charge is 0.493 e. The van der Waals surface area contributed by atoms with Gasteiger partial charge in [0.25, 0.3) is 0 Å². The summed E-state index contributed by atoms with van der Waals surface area (Å²) in [7, 11) is 1.38. The molecule has 1 aromatic carbocycles. The van der Waals surface area contributed by atoms with Crippen molar-refractivity contribution >= 4 is 17.3 Å². The van der Waals surface area contributed by atoms with Gasteiger partial charge in [0.05, 0.1) is 12.0 Å².